The van der Waals surface area contributed by atoms with Gasteiger partial charge in [0.15, 0.2) is 17.6 Å². The van der Waals surface area contributed by atoms with Gasteiger partial charge in [-0.25, -0.2) is 9.98 Å². The third-order valence-corrected chi connectivity index (χ3v) is 8.87. The largest absolute Gasteiger partial charge is 0.492 e. The summed E-state index contributed by atoms with van der Waals surface area (Å²) in [6, 6.07) is 7.02. The Morgan fingerprint density at radius 1 is 1.24 bits per heavy atom. The number of aliphatic hydroxyl groups excluding tert-OH is 1. The number of para-hydroxylation sites is 1. The molecule has 13 nitrogen and oxygen atoms in total. The number of benzene rings is 1. The van der Waals surface area contributed by atoms with Crippen molar-refractivity contribution < 1.29 is 19.4 Å². The zero-order chi connectivity index (χ0) is 30.0. The number of amides is 2. The van der Waals surface area contributed by atoms with Crippen LogP contribution in [0.25, 0.3) is 0 Å². The predicted octanol–water partition coefficient (Wildman–Crippen LogP) is -0.323. The molecule has 0 saturated carbocycles. The number of pyridine rings is 1. The van der Waals surface area contributed by atoms with Crippen LogP contribution in [-0.2, 0) is 5.41 Å². The van der Waals surface area contributed by atoms with Crippen LogP contribution in [0.1, 0.15) is 52.2 Å². The van der Waals surface area contributed by atoms with Gasteiger partial charge in [-0.2, -0.15) is 0 Å². The van der Waals surface area contributed by atoms with Crippen LogP contribution in [0.2, 0.25) is 0 Å². The van der Waals surface area contributed by atoms with Crippen molar-refractivity contribution in [2.45, 2.75) is 62.5 Å². The third kappa shape index (κ3) is 4.30. The summed E-state index contributed by atoms with van der Waals surface area (Å²) in [5, 5.41) is 17.9. The third-order valence-electron chi connectivity index (χ3n) is 8.87. The molecule has 5 heterocycles. The molecule has 2 aromatic rings. The molecule has 1 aromatic heterocycles. The lowest BCUT2D eigenvalue weighted by Crippen LogP contribution is -2.73. The van der Waals surface area contributed by atoms with E-state index in [2.05, 4.69) is 39.4 Å². The Bertz CT molecular complexity index is 1490. The van der Waals surface area contributed by atoms with Gasteiger partial charge in [-0.3, -0.25) is 14.6 Å². The van der Waals surface area contributed by atoms with E-state index in [1.807, 2.05) is 25.1 Å². The molecule has 2 amide bonds. The van der Waals surface area contributed by atoms with Gasteiger partial charge < -0.3 is 41.7 Å². The number of carbonyl (C=O) groups is 2. The lowest BCUT2D eigenvalue weighted by molar-refractivity contribution is 0.0117. The summed E-state index contributed by atoms with van der Waals surface area (Å²) in [5.41, 5.74) is 13.9. The Labute approximate surface area is 244 Å². The van der Waals surface area contributed by atoms with Gasteiger partial charge in [0.2, 0.25) is 0 Å². The Balaban J connectivity index is 1.24. The minimum absolute atomic E-state index is 0.118. The molecule has 3 unspecified atom stereocenters. The van der Waals surface area contributed by atoms with E-state index in [-0.39, 0.29) is 42.2 Å². The van der Waals surface area contributed by atoms with Gasteiger partial charge in [-0.05, 0) is 36.5 Å². The fourth-order valence-electron chi connectivity index (χ4n) is 6.53. The number of ether oxygens (including phenoxy) is 1. The number of aryl methyl sites for hydroxylation is 1. The normalized spacial score (nSPS) is 28.7. The van der Waals surface area contributed by atoms with Crippen LogP contribution >= 0.6 is 0 Å². The molecule has 0 radical (unpaired) electrons. The van der Waals surface area contributed by atoms with Crippen LogP contribution in [0.5, 0.6) is 5.75 Å². The number of likely N-dealkylation sites (N-methyl/N-ethyl adjacent to an activating group) is 1. The standard InChI is InChI=1S/C29H37N9O4/c1-15-8-9-18(32-12-15)25(41)37(4)13-19-22-29(36-26(30)35-22)23(39)20(14-38(29)27(31)34-19)33-24(40)16-6-5-7-17-21(16)42-11-10-28(17,2)3/h5-9,12,19-20,22-23,39H,10-11,13-14H2,1-4H3,(H2,31,34)(H,33,40)(H3,30,35,36)/t19-,20?,22?,23+,29?/m0/s1. The number of aromatic nitrogens is 1. The van der Waals surface area contributed by atoms with Crippen molar-refractivity contribution in [2.24, 2.45) is 21.5 Å². The van der Waals surface area contributed by atoms with Gasteiger partial charge in [0.05, 0.1) is 24.3 Å². The van der Waals surface area contributed by atoms with Gasteiger partial charge in [-0.1, -0.05) is 32.0 Å². The van der Waals surface area contributed by atoms with E-state index < -0.39 is 29.9 Å². The van der Waals surface area contributed by atoms with Crippen molar-refractivity contribution in [2.75, 3.05) is 26.7 Å². The quantitative estimate of drug-likeness (QED) is 0.319. The fourth-order valence-corrected chi connectivity index (χ4v) is 6.53. The van der Waals surface area contributed by atoms with Crippen molar-refractivity contribution >= 4 is 23.7 Å². The minimum atomic E-state index is -1.25. The van der Waals surface area contributed by atoms with Crippen LogP contribution < -0.4 is 26.8 Å². The zero-order valence-electron chi connectivity index (χ0n) is 24.2. The number of hydrogen-bond acceptors (Lipinski definition) is 11. The van der Waals surface area contributed by atoms with Crippen LogP contribution in [0.15, 0.2) is 46.5 Å². The van der Waals surface area contributed by atoms with E-state index in [9.17, 15) is 14.7 Å². The molecule has 6 rings (SSSR count). The number of rotatable bonds is 5. The van der Waals surface area contributed by atoms with Gasteiger partial charge in [-0.15, -0.1) is 0 Å². The Hall–Kier alpha value is -4.39. The van der Waals surface area contributed by atoms with Crippen LogP contribution in [0.4, 0.5) is 0 Å². The Morgan fingerprint density at radius 3 is 2.76 bits per heavy atom. The molecule has 1 spiro atoms. The maximum absolute atomic E-state index is 13.6. The molecule has 0 bridgehead atoms. The van der Waals surface area contributed by atoms with Gasteiger partial charge in [0, 0.05) is 31.9 Å². The lowest BCUT2D eigenvalue weighted by atomic mass is 9.79. The number of hydrogen-bond donors (Lipinski definition) is 5. The first kappa shape index (κ1) is 27.8. The van der Waals surface area contributed by atoms with Crippen LogP contribution in [0, 0.1) is 6.92 Å². The highest BCUT2D eigenvalue weighted by molar-refractivity contribution is 5.98. The highest BCUT2D eigenvalue weighted by atomic mass is 16.5. The molecule has 7 N–H and O–H groups in total. The molecule has 1 saturated heterocycles. The number of fused-ring (bicyclic) bond motifs is 1. The number of guanidine groups is 2. The Kier molecular flexibility index (Phi) is 6.52. The SMILES string of the molecule is Cc1ccc(C(=O)N(C)C[C@@H]2N=C(N)N3CC(NC(=O)c4cccc5c4OCCC5(C)C)[C@@H](O)C34NC(N)=NC24)nc1. The number of nitrogens with zero attached hydrogens (tertiary/aromatic N) is 5. The molecule has 5 atom stereocenters. The van der Waals surface area contributed by atoms with Crippen molar-refractivity contribution in [1.29, 1.82) is 0 Å². The molecule has 0 aliphatic carbocycles. The zero-order valence-corrected chi connectivity index (χ0v) is 24.2. The number of carbonyl (C=O) groups excluding carboxylic acids is 2. The van der Waals surface area contributed by atoms with Crippen molar-refractivity contribution in [3.8, 4) is 5.75 Å². The van der Waals surface area contributed by atoms with Crippen molar-refractivity contribution in [3.05, 3.63) is 58.9 Å². The second-order valence-electron chi connectivity index (χ2n) is 12.2. The first-order valence-corrected chi connectivity index (χ1v) is 14.1. The molecule has 1 fully saturated rings. The maximum atomic E-state index is 13.6. The number of aliphatic hydroxyl groups is 1. The smallest absolute Gasteiger partial charge is 0.272 e. The number of nitrogens with one attached hydrogen (secondary N) is 2. The molecule has 42 heavy (non-hydrogen) atoms. The summed E-state index contributed by atoms with van der Waals surface area (Å²) in [6.45, 7) is 7.00. The van der Waals surface area contributed by atoms with E-state index in [0.29, 0.717) is 23.6 Å². The second-order valence-corrected chi connectivity index (χ2v) is 12.2. The molecule has 4 aliphatic rings. The van der Waals surface area contributed by atoms with Crippen molar-refractivity contribution in [3.63, 3.8) is 0 Å². The topological polar surface area (TPSA) is 184 Å². The van der Waals surface area contributed by atoms with E-state index in [1.54, 1.807) is 30.3 Å². The van der Waals surface area contributed by atoms with E-state index in [1.165, 1.54) is 4.90 Å². The summed E-state index contributed by atoms with van der Waals surface area (Å²) in [4.78, 5) is 43.4. The minimum Gasteiger partial charge on any atom is -0.492 e. The molecule has 13 heteroatoms. The molecular weight excluding hydrogens is 538 g/mol. The summed E-state index contributed by atoms with van der Waals surface area (Å²) in [7, 11) is 1.65. The van der Waals surface area contributed by atoms with E-state index >= 15 is 0 Å². The van der Waals surface area contributed by atoms with Crippen LogP contribution in [-0.4, -0.2) is 100 Å². The summed E-state index contributed by atoms with van der Waals surface area (Å²) in [5.74, 6) is 0.193. The summed E-state index contributed by atoms with van der Waals surface area (Å²) in [6.07, 6.45) is 1.32. The predicted molar refractivity (Wildman–Crippen MR) is 156 cm³/mol. The molecule has 1 aromatic carbocycles. The number of nitrogens with two attached hydrogens (primary N) is 2. The lowest BCUT2D eigenvalue weighted by Gasteiger charge is -2.46. The van der Waals surface area contributed by atoms with Gasteiger partial charge in [0.1, 0.15) is 23.6 Å². The summed E-state index contributed by atoms with van der Waals surface area (Å²) < 4.78 is 5.95. The van der Waals surface area contributed by atoms with Gasteiger partial charge in [0.25, 0.3) is 11.8 Å². The van der Waals surface area contributed by atoms with Gasteiger partial charge >= 0.3 is 0 Å². The summed E-state index contributed by atoms with van der Waals surface area (Å²) >= 11 is 0. The monoisotopic (exact) mass is 575 g/mol. The fraction of sp³-hybridized carbons (Fsp3) is 0.483. The van der Waals surface area contributed by atoms with Crippen molar-refractivity contribution in [1.82, 2.24) is 25.4 Å². The molecule has 222 valence electrons. The van der Waals surface area contributed by atoms with E-state index in [0.717, 1.165) is 17.5 Å². The average Bonchev–Trinajstić information content (AvgIpc) is 3.44. The molecule has 4 aliphatic heterocycles. The maximum Gasteiger partial charge on any atom is 0.272 e. The molecular formula is C29H37N9O4. The second kappa shape index (κ2) is 9.86. The number of aliphatic imine (C=N–C) groups is 2. The highest BCUT2D eigenvalue weighted by Crippen LogP contribution is 2.42. The first-order chi connectivity index (χ1) is 19.9. The Morgan fingerprint density at radius 2 is 2.02 bits per heavy atom. The highest BCUT2D eigenvalue weighted by Gasteiger charge is 2.65. The van der Waals surface area contributed by atoms with E-state index in [4.69, 9.17) is 16.2 Å². The van der Waals surface area contributed by atoms with Crippen LogP contribution in [0.3, 0.4) is 0 Å². The average molecular weight is 576 g/mol. The first-order valence-electron chi connectivity index (χ1n) is 14.1.